The minimum atomic E-state index is -4.96. The Labute approximate surface area is 581 Å². The van der Waals surface area contributed by atoms with E-state index in [0.717, 1.165) is 108 Å². The molecule has 0 amide bonds. The van der Waals surface area contributed by atoms with Crippen LogP contribution in [0, 0.1) is 17.8 Å². The molecule has 19 heteroatoms. The van der Waals surface area contributed by atoms with Crippen LogP contribution < -0.4 is 0 Å². The average molecular weight is 1400 g/mol. The zero-order chi connectivity index (χ0) is 70.1. The van der Waals surface area contributed by atoms with Gasteiger partial charge >= 0.3 is 39.5 Å². The van der Waals surface area contributed by atoms with E-state index in [0.29, 0.717) is 25.7 Å². The summed E-state index contributed by atoms with van der Waals surface area (Å²) >= 11 is 0. The fourth-order valence-electron chi connectivity index (χ4n) is 11.6. The van der Waals surface area contributed by atoms with Crippen LogP contribution in [-0.4, -0.2) is 96.7 Å². The van der Waals surface area contributed by atoms with E-state index < -0.39 is 97.5 Å². The molecular formula is C76H148O17P2. The molecule has 0 aromatic carbocycles. The fraction of sp³-hybridized carbons (Fsp3) is 0.947. The fourth-order valence-corrected chi connectivity index (χ4v) is 13.2. The summed E-state index contributed by atoms with van der Waals surface area (Å²) in [4.78, 5) is 72.8. The van der Waals surface area contributed by atoms with Gasteiger partial charge in [0.1, 0.15) is 19.3 Å². The summed E-state index contributed by atoms with van der Waals surface area (Å²) in [5, 5.41) is 10.6. The molecule has 2 unspecified atom stereocenters. The highest BCUT2D eigenvalue weighted by molar-refractivity contribution is 7.47. The zero-order valence-electron chi connectivity index (χ0n) is 62.1. The Bertz CT molecular complexity index is 1850. The van der Waals surface area contributed by atoms with Gasteiger partial charge in [0.15, 0.2) is 12.2 Å². The highest BCUT2D eigenvalue weighted by Gasteiger charge is 2.30. The molecule has 0 aliphatic carbocycles. The Kier molecular flexibility index (Phi) is 65.2. The Hall–Kier alpha value is -1.94. The third-order valence-electron chi connectivity index (χ3n) is 17.6. The van der Waals surface area contributed by atoms with Gasteiger partial charge in [-0.15, -0.1) is 0 Å². The van der Waals surface area contributed by atoms with Crippen LogP contribution in [0.2, 0.25) is 0 Å². The number of aliphatic hydroxyl groups is 1. The molecule has 0 aromatic heterocycles. The van der Waals surface area contributed by atoms with Crippen molar-refractivity contribution in [3.63, 3.8) is 0 Å². The van der Waals surface area contributed by atoms with Crippen LogP contribution in [0.4, 0.5) is 0 Å². The molecule has 564 valence electrons. The Morgan fingerprint density at radius 1 is 0.284 bits per heavy atom. The summed E-state index contributed by atoms with van der Waals surface area (Å²) in [6.45, 7) is 11.9. The first-order valence-corrected chi connectivity index (χ1v) is 42.3. The van der Waals surface area contributed by atoms with E-state index in [1.165, 1.54) is 199 Å². The third kappa shape index (κ3) is 70.3. The van der Waals surface area contributed by atoms with Crippen LogP contribution in [0.5, 0.6) is 0 Å². The number of ether oxygens (including phenoxy) is 4. The standard InChI is InChI=1S/C76H148O17P2/c1-8-9-10-11-12-13-14-21-29-36-43-50-57-73(78)86-64-72(93-76(81)60-53-46-39-32-25-24-28-35-42-49-56-69(6)7)66-91-95(84,85)89-62-70(77)61-88-94(82,83)90-65-71(63-87-74(79)58-51-44-37-30-23-18-20-27-34-41-48-55-68(4)5)92-75(80)59-52-45-38-31-22-17-15-16-19-26-33-40-47-54-67(2)3/h67-72,77H,8-66H2,1-7H3,(H,82,83)(H,84,85)/t70-,71-,72-/m1/s1. The first-order valence-electron chi connectivity index (χ1n) is 39.3. The summed E-state index contributed by atoms with van der Waals surface area (Å²) < 4.78 is 68.6. The highest BCUT2D eigenvalue weighted by atomic mass is 31.2. The molecule has 0 aliphatic heterocycles. The van der Waals surface area contributed by atoms with Gasteiger partial charge in [-0.3, -0.25) is 37.3 Å². The van der Waals surface area contributed by atoms with Crippen molar-refractivity contribution < 1.29 is 80.2 Å². The molecular weight excluding hydrogens is 1250 g/mol. The average Bonchev–Trinajstić information content (AvgIpc) is 2.32. The van der Waals surface area contributed by atoms with Crippen LogP contribution in [0.1, 0.15) is 389 Å². The maximum absolute atomic E-state index is 13.1. The van der Waals surface area contributed by atoms with Gasteiger partial charge in [0, 0.05) is 25.7 Å². The maximum atomic E-state index is 13.1. The Morgan fingerprint density at radius 3 is 0.716 bits per heavy atom. The summed E-state index contributed by atoms with van der Waals surface area (Å²) in [7, 11) is -9.91. The van der Waals surface area contributed by atoms with E-state index >= 15 is 0 Å². The monoisotopic (exact) mass is 1400 g/mol. The lowest BCUT2D eigenvalue weighted by Crippen LogP contribution is -2.30. The second-order valence-electron chi connectivity index (χ2n) is 28.8. The second-order valence-corrected chi connectivity index (χ2v) is 31.7. The van der Waals surface area contributed by atoms with Gasteiger partial charge in [0.25, 0.3) is 0 Å². The van der Waals surface area contributed by atoms with Crippen molar-refractivity contribution in [2.24, 2.45) is 17.8 Å². The Morgan fingerprint density at radius 2 is 0.484 bits per heavy atom. The molecule has 5 atom stereocenters. The SMILES string of the molecule is CCCCCCCCCCCCCCC(=O)OC[C@H](COP(=O)(O)OC[C@H](O)COP(=O)(O)OC[C@@H](COC(=O)CCCCCCCCCCCCCC(C)C)OC(=O)CCCCCCCCCCCCCCCC(C)C)OC(=O)CCCCCCCCCCCCC(C)C. The van der Waals surface area contributed by atoms with Crippen LogP contribution in [0.3, 0.4) is 0 Å². The summed E-state index contributed by atoms with van der Waals surface area (Å²) in [6.07, 6.45) is 52.6. The quantitative estimate of drug-likeness (QED) is 0.0222. The van der Waals surface area contributed by atoms with E-state index in [2.05, 4.69) is 48.5 Å². The minimum Gasteiger partial charge on any atom is -0.462 e. The van der Waals surface area contributed by atoms with Gasteiger partial charge < -0.3 is 33.8 Å². The molecule has 0 saturated heterocycles. The van der Waals surface area contributed by atoms with Crippen molar-refractivity contribution in [2.45, 2.75) is 407 Å². The molecule has 0 heterocycles. The number of hydrogen-bond donors (Lipinski definition) is 3. The van der Waals surface area contributed by atoms with Crippen LogP contribution in [0.15, 0.2) is 0 Å². The molecule has 0 spiro atoms. The molecule has 3 N–H and O–H groups in total. The maximum Gasteiger partial charge on any atom is 0.472 e. The van der Waals surface area contributed by atoms with E-state index in [1.54, 1.807) is 0 Å². The van der Waals surface area contributed by atoms with Crippen LogP contribution >= 0.6 is 15.6 Å². The molecule has 0 radical (unpaired) electrons. The third-order valence-corrected chi connectivity index (χ3v) is 19.5. The van der Waals surface area contributed by atoms with Crippen molar-refractivity contribution in [3.8, 4) is 0 Å². The van der Waals surface area contributed by atoms with Crippen molar-refractivity contribution in [3.05, 3.63) is 0 Å². The number of aliphatic hydroxyl groups excluding tert-OH is 1. The minimum absolute atomic E-state index is 0.106. The number of unbranched alkanes of at least 4 members (excludes halogenated alkanes) is 42. The second kappa shape index (κ2) is 66.6. The first-order chi connectivity index (χ1) is 45.7. The van der Waals surface area contributed by atoms with Crippen molar-refractivity contribution in [1.29, 1.82) is 0 Å². The summed E-state index contributed by atoms with van der Waals surface area (Å²) in [5.74, 6) is 0.194. The van der Waals surface area contributed by atoms with E-state index in [4.69, 9.17) is 37.0 Å². The van der Waals surface area contributed by atoms with E-state index in [9.17, 15) is 43.2 Å². The molecule has 0 saturated carbocycles. The molecule has 0 fully saturated rings. The molecule has 0 aliphatic rings. The predicted octanol–water partition coefficient (Wildman–Crippen LogP) is 22.2. The lowest BCUT2D eigenvalue weighted by Gasteiger charge is -2.21. The number of phosphoric acid groups is 2. The number of esters is 4. The molecule has 0 aromatic rings. The van der Waals surface area contributed by atoms with Crippen LogP contribution in [0.25, 0.3) is 0 Å². The molecule has 17 nitrogen and oxygen atoms in total. The number of phosphoric ester groups is 2. The van der Waals surface area contributed by atoms with E-state index in [-0.39, 0.29) is 25.7 Å². The summed E-state index contributed by atoms with van der Waals surface area (Å²) in [6, 6.07) is 0. The molecule has 0 bridgehead atoms. The van der Waals surface area contributed by atoms with Gasteiger partial charge in [-0.2, -0.15) is 0 Å². The first kappa shape index (κ1) is 93.1. The lowest BCUT2D eigenvalue weighted by atomic mass is 10.0. The highest BCUT2D eigenvalue weighted by Crippen LogP contribution is 2.45. The lowest BCUT2D eigenvalue weighted by molar-refractivity contribution is -0.161. The number of hydrogen-bond acceptors (Lipinski definition) is 15. The van der Waals surface area contributed by atoms with Gasteiger partial charge in [-0.1, -0.05) is 337 Å². The van der Waals surface area contributed by atoms with Crippen LogP contribution in [-0.2, 0) is 65.4 Å². The van der Waals surface area contributed by atoms with Gasteiger partial charge in [0.05, 0.1) is 26.4 Å². The van der Waals surface area contributed by atoms with Crippen molar-refractivity contribution in [2.75, 3.05) is 39.6 Å². The summed E-state index contributed by atoms with van der Waals surface area (Å²) in [5.41, 5.74) is 0. The Balaban J connectivity index is 5.27. The molecule has 0 rings (SSSR count). The molecule has 95 heavy (non-hydrogen) atoms. The largest absolute Gasteiger partial charge is 0.472 e. The smallest absolute Gasteiger partial charge is 0.462 e. The number of rotatable bonds is 74. The number of carbonyl (C=O) groups is 4. The predicted molar refractivity (Wildman–Crippen MR) is 386 cm³/mol. The normalized spacial score (nSPS) is 14.1. The van der Waals surface area contributed by atoms with Gasteiger partial charge in [-0.25, -0.2) is 9.13 Å². The topological polar surface area (TPSA) is 237 Å². The van der Waals surface area contributed by atoms with E-state index in [1.807, 2.05) is 0 Å². The van der Waals surface area contributed by atoms with Crippen molar-refractivity contribution in [1.82, 2.24) is 0 Å². The van der Waals surface area contributed by atoms with Crippen molar-refractivity contribution >= 4 is 39.5 Å². The zero-order valence-corrected chi connectivity index (χ0v) is 63.9. The number of carbonyl (C=O) groups excluding carboxylic acids is 4. The van der Waals surface area contributed by atoms with Gasteiger partial charge in [-0.05, 0) is 43.4 Å². The van der Waals surface area contributed by atoms with Gasteiger partial charge in [0.2, 0.25) is 0 Å².